The summed E-state index contributed by atoms with van der Waals surface area (Å²) in [6, 6.07) is 11.0. The van der Waals surface area contributed by atoms with Gasteiger partial charge in [0.2, 0.25) is 0 Å². The van der Waals surface area contributed by atoms with Crippen LogP contribution in [0.3, 0.4) is 0 Å². The molecule has 0 spiro atoms. The van der Waals surface area contributed by atoms with Crippen LogP contribution in [-0.2, 0) is 18.6 Å². The Bertz CT molecular complexity index is 246. The molecule has 1 aromatic carbocycles. The average molecular weight is 286 g/mol. The van der Waals surface area contributed by atoms with Gasteiger partial charge in [0.1, 0.15) is 0 Å². The van der Waals surface area contributed by atoms with E-state index in [0.29, 0.717) is 5.41 Å². The van der Waals surface area contributed by atoms with E-state index in [1.165, 1.54) is 0 Å². The number of anilines is 1. The van der Waals surface area contributed by atoms with Crippen LogP contribution >= 0.6 is 0 Å². The van der Waals surface area contributed by atoms with Crippen LogP contribution in [0.1, 0.15) is 41.5 Å². The Morgan fingerprint density at radius 1 is 1.17 bits per heavy atom. The van der Waals surface area contributed by atoms with Crippen molar-refractivity contribution in [1.29, 1.82) is 0 Å². The van der Waals surface area contributed by atoms with Crippen LogP contribution in [0.2, 0.25) is 0 Å². The second kappa shape index (κ2) is 13.0. The van der Waals surface area contributed by atoms with Crippen molar-refractivity contribution < 1.29 is 18.6 Å². The molecule has 0 heterocycles. The molecule has 1 rings (SSSR count). The van der Waals surface area contributed by atoms with Gasteiger partial charge in [-0.25, -0.2) is 0 Å². The van der Waals surface area contributed by atoms with Gasteiger partial charge in [-0.05, 0) is 5.41 Å². The molecule has 0 aliphatic heterocycles. The largest absolute Gasteiger partial charge is 2.00 e. The molecule has 1 nitrogen and oxygen atoms in total. The Kier molecular flexibility index (Phi) is 16.5. The Labute approximate surface area is 127 Å². The zero-order valence-electron chi connectivity index (χ0n) is 13.1. The molecule has 1 radical (unpaired) electrons. The van der Waals surface area contributed by atoms with E-state index in [-0.39, 0.29) is 18.6 Å². The van der Waals surface area contributed by atoms with Crippen LogP contribution in [0.5, 0.6) is 0 Å². The summed E-state index contributed by atoms with van der Waals surface area (Å²) in [4.78, 5) is 2.04. The number of para-hydroxylation sites is 1. The molecule has 0 saturated carbocycles. The summed E-state index contributed by atoms with van der Waals surface area (Å²) in [5.74, 6) is 0. The fourth-order valence-electron chi connectivity index (χ4n) is 0.742. The summed E-state index contributed by atoms with van der Waals surface area (Å²) < 4.78 is 0. The molecule has 0 amide bonds. The first-order valence-corrected chi connectivity index (χ1v) is 6.31. The van der Waals surface area contributed by atoms with Crippen LogP contribution in [0.4, 0.5) is 5.69 Å². The molecule has 0 bridgehead atoms. The fourth-order valence-corrected chi connectivity index (χ4v) is 0.742. The zero-order chi connectivity index (χ0) is 13.9. The molecule has 0 fully saturated rings. The molecular weight excluding hydrogens is 257 g/mol. The van der Waals surface area contributed by atoms with E-state index in [2.05, 4.69) is 40.7 Å². The summed E-state index contributed by atoms with van der Waals surface area (Å²) in [5.41, 5.74) is 1.59. The second-order valence-electron chi connectivity index (χ2n) is 5.17. The molecule has 0 aliphatic carbocycles. The maximum absolute atomic E-state index is 3.77. The Balaban J connectivity index is -0.000000243. The van der Waals surface area contributed by atoms with Crippen molar-refractivity contribution in [2.75, 3.05) is 18.5 Å². The van der Waals surface area contributed by atoms with Crippen molar-refractivity contribution in [3.05, 3.63) is 37.3 Å². The summed E-state index contributed by atoms with van der Waals surface area (Å²) in [7, 11) is 2.00. The SMILES string of the molecule is CC.CC(C)(C)C.[CH2-]CN(C)c1[c-]cccc1.[V+2]. The molecule has 0 aromatic heterocycles. The van der Waals surface area contributed by atoms with E-state index in [0.717, 1.165) is 12.2 Å². The summed E-state index contributed by atoms with van der Waals surface area (Å²) in [5, 5.41) is 0. The molecule has 0 N–H and O–H groups in total. The molecule has 2 heteroatoms. The van der Waals surface area contributed by atoms with Gasteiger partial charge < -0.3 is 11.8 Å². The van der Waals surface area contributed by atoms with Gasteiger partial charge in [-0.15, -0.1) is 12.6 Å². The predicted molar refractivity (Wildman–Crippen MR) is 80.4 cm³/mol. The Morgan fingerprint density at radius 3 is 1.89 bits per heavy atom. The summed E-state index contributed by atoms with van der Waals surface area (Å²) >= 11 is 0. The minimum absolute atomic E-state index is 0. The van der Waals surface area contributed by atoms with E-state index in [9.17, 15) is 0 Å². The summed E-state index contributed by atoms with van der Waals surface area (Å²) in [6.45, 7) is 17.3. The first kappa shape index (κ1) is 22.8. The van der Waals surface area contributed by atoms with Gasteiger partial charge >= 0.3 is 18.6 Å². The monoisotopic (exact) mass is 286 g/mol. The van der Waals surface area contributed by atoms with Crippen molar-refractivity contribution in [3.8, 4) is 0 Å². The molecule has 18 heavy (non-hydrogen) atoms. The van der Waals surface area contributed by atoms with Gasteiger partial charge in [-0.2, -0.15) is 24.3 Å². The number of nitrogens with zero attached hydrogens (tertiary/aromatic N) is 1. The molecule has 0 saturated heterocycles. The Hall–Kier alpha value is -0.396. The first-order chi connectivity index (χ1) is 7.84. The number of rotatable bonds is 2. The number of hydrogen-bond acceptors (Lipinski definition) is 1. The number of benzene rings is 1. The van der Waals surface area contributed by atoms with E-state index in [4.69, 9.17) is 0 Å². The topological polar surface area (TPSA) is 3.24 Å². The molecule has 0 aliphatic rings. The normalized spacial score (nSPS) is 8.89. The van der Waals surface area contributed by atoms with E-state index >= 15 is 0 Å². The van der Waals surface area contributed by atoms with Gasteiger partial charge in [0.15, 0.2) is 0 Å². The van der Waals surface area contributed by atoms with Crippen molar-refractivity contribution in [2.24, 2.45) is 5.41 Å². The van der Waals surface area contributed by atoms with Gasteiger partial charge in [-0.1, -0.05) is 47.2 Å². The van der Waals surface area contributed by atoms with E-state index < -0.39 is 0 Å². The van der Waals surface area contributed by atoms with Crippen molar-refractivity contribution >= 4 is 5.69 Å². The van der Waals surface area contributed by atoms with E-state index in [1.807, 2.05) is 50.1 Å². The third-order valence-electron chi connectivity index (χ3n) is 1.44. The van der Waals surface area contributed by atoms with Crippen molar-refractivity contribution in [2.45, 2.75) is 41.5 Å². The van der Waals surface area contributed by atoms with Crippen molar-refractivity contribution in [3.63, 3.8) is 0 Å². The third kappa shape index (κ3) is 18.0. The molecule has 0 unspecified atom stereocenters. The summed E-state index contributed by atoms with van der Waals surface area (Å²) in [6.07, 6.45) is 0. The molecule has 103 valence electrons. The minimum atomic E-state index is 0. The molecule has 0 atom stereocenters. The molecule has 1 aromatic rings. The average Bonchev–Trinajstić information content (AvgIpc) is 2.30. The van der Waals surface area contributed by atoms with Crippen LogP contribution in [-0.4, -0.2) is 13.6 Å². The maximum Gasteiger partial charge on any atom is 2.00 e. The second-order valence-corrected chi connectivity index (χ2v) is 5.17. The van der Waals surface area contributed by atoms with Crippen LogP contribution < -0.4 is 4.90 Å². The van der Waals surface area contributed by atoms with Crippen LogP contribution in [0, 0.1) is 18.4 Å². The Morgan fingerprint density at radius 2 is 1.61 bits per heavy atom. The quantitative estimate of drug-likeness (QED) is 0.704. The van der Waals surface area contributed by atoms with Gasteiger partial charge in [0, 0.05) is 7.05 Å². The first-order valence-electron chi connectivity index (χ1n) is 6.31. The fraction of sp³-hybridized carbons (Fsp3) is 0.562. The van der Waals surface area contributed by atoms with E-state index in [1.54, 1.807) is 0 Å². The standard InChI is InChI=1S/C9H11N.C5H12.C2H6.V/c1-3-10(2)9-7-5-4-6-8-9;1-5(2,3)4;1-2;/h4-7H,1,3H2,2H3;1-4H3;1-2H3;/q-2;;;+2. The van der Waals surface area contributed by atoms with Crippen LogP contribution in [0.25, 0.3) is 0 Å². The predicted octanol–water partition coefficient (Wildman–Crippen LogP) is 4.83. The third-order valence-corrected chi connectivity index (χ3v) is 1.44. The maximum atomic E-state index is 3.77. The number of hydrogen-bond donors (Lipinski definition) is 0. The minimum Gasteiger partial charge on any atom is -0.426 e. The smallest absolute Gasteiger partial charge is 0.426 e. The van der Waals surface area contributed by atoms with Crippen molar-refractivity contribution in [1.82, 2.24) is 0 Å². The van der Waals surface area contributed by atoms with Gasteiger partial charge in [-0.3, -0.25) is 0 Å². The van der Waals surface area contributed by atoms with Crippen LogP contribution in [0.15, 0.2) is 24.3 Å². The van der Waals surface area contributed by atoms with Gasteiger partial charge in [0.25, 0.3) is 0 Å². The zero-order valence-corrected chi connectivity index (χ0v) is 14.5. The van der Waals surface area contributed by atoms with Gasteiger partial charge in [0.05, 0.1) is 0 Å². The molecular formula is C16H29NV.